The fourth-order valence-corrected chi connectivity index (χ4v) is 3.27. The van der Waals surface area contributed by atoms with E-state index in [2.05, 4.69) is 13.8 Å². The van der Waals surface area contributed by atoms with Crippen molar-refractivity contribution in [2.45, 2.75) is 46.0 Å². The highest BCUT2D eigenvalue weighted by atomic mass is 14.4. The van der Waals surface area contributed by atoms with Crippen LogP contribution in [0, 0.1) is 23.7 Å². The summed E-state index contributed by atoms with van der Waals surface area (Å²) in [5, 5.41) is 0. The molecule has 0 saturated heterocycles. The lowest BCUT2D eigenvalue weighted by Crippen LogP contribution is -2.27. The summed E-state index contributed by atoms with van der Waals surface area (Å²) in [4.78, 5) is 0. The van der Waals surface area contributed by atoms with Crippen LogP contribution in [-0.2, 0) is 0 Å². The van der Waals surface area contributed by atoms with Crippen molar-refractivity contribution < 1.29 is 0 Å². The van der Waals surface area contributed by atoms with Gasteiger partial charge in [-0.3, -0.25) is 0 Å². The first-order chi connectivity index (χ1) is 5.29. The minimum absolute atomic E-state index is 1.02. The first kappa shape index (κ1) is 7.64. The molecular formula is C11H20. The van der Waals surface area contributed by atoms with E-state index in [4.69, 9.17) is 0 Å². The van der Waals surface area contributed by atoms with Crippen LogP contribution in [0.3, 0.4) is 0 Å². The van der Waals surface area contributed by atoms with Gasteiger partial charge in [0.05, 0.1) is 0 Å². The standard InChI is InChI=1S/C11H20/c1-8-9(2)11-5-3-4-10(8)6-7-11/h8-11H,3-7H2,1-2H3. The van der Waals surface area contributed by atoms with E-state index in [0.29, 0.717) is 0 Å². The van der Waals surface area contributed by atoms with Gasteiger partial charge >= 0.3 is 0 Å². The van der Waals surface area contributed by atoms with Gasteiger partial charge in [0.25, 0.3) is 0 Å². The third-order valence-electron chi connectivity index (χ3n) is 4.37. The zero-order valence-electron chi connectivity index (χ0n) is 7.84. The first-order valence-corrected chi connectivity index (χ1v) is 5.29. The molecule has 0 heterocycles. The van der Waals surface area contributed by atoms with Gasteiger partial charge in [-0.2, -0.15) is 0 Å². The molecule has 4 atom stereocenters. The van der Waals surface area contributed by atoms with Crippen LogP contribution in [0.25, 0.3) is 0 Å². The minimum atomic E-state index is 1.02. The van der Waals surface area contributed by atoms with Crippen LogP contribution >= 0.6 is 0 Å². The van der Waals surface area contributed by atoms with Crippen LogP contribution in [0.15, 0.2) is 0 Å². The summed E-state index contributed by atoms with van der Waals surface area (Å²) in [6.07, 6.45) is 7.65. The van der Waals surface area contributed by atoms with Crippen molar-refractivity contribution in [3.05, 3.63) is 0 Å². The molecule has 64 valence electrons. The molecule has 0 heteroatoms. The average molecular weight is 152 g/mol. The highest BCUT2D eigenvalue weighted by Crippen LogP contribution is 2.46. The topological polar surface area (TPSA) is 0 Å². The molecule has 3 aliphatic carbocycles. The highest BCUT2D eigenvalue weighted by molar-refractivity contribution is 4.86. The van der Waals surface area contributed by atoms with Gasteiger partial charge in [0, 0.05) is 0 Å². The Bertz CT molecular complexity index is 115. The molecular weight excluding hydrogens is 132 g/mol. The zero-order chi connectivity index (χ0) is 7.84. The molecule has 0 nitrogen and oxygen atoms in total. The van der Waals surface area contributed by atoms with Gasteiger partial charge in [0.15, 0.2) is 0 Å². The summed E-state index contributed by atoms with van der Waals surface area (Å²) in [7, 11) is 0. The number of fused-ring (bicyclic) bond motifs is 4. The van der Waals surface area contributed by atoms with Gasteiger partial charge in [-0.1, -0.05) is 33.1 Å². The maximum Gasteiger partial charge on any atom is -0.0386 e. The van der Waals surface area contributed by atoms with E-state index < -0.39 is 0 Å². The fraction of sp³-hybridized carbons (Fsp3) is 1.00. The Kier molecular flexibility index (Phi) is 1.95. The molecule has 3 fully saturated rings. The van der Waals surface area contributed by atoms with Crippen molar-refractivity contribution in [1.82, 2.24) is 0 Å². The molecule has 0 N–H and O–H groups in total. The molecule has 0 aliphatic heterocycles. The summed E-state index contributed by atoms with van der Waals surface area (Å²) in [5.74, 6) is 4.22. The van der Waals surface area contributed by atoms with E-state index in [1.165, 1.54) is 32.1 Å². The van der Waals surface area contributed by atoms with Crippen LogP contribution in [0.2, 0.25) is 0 Å². The monoisotopic (exact) mass is 152 g/mol. The van der Waals surface area contributed by atoms with E-state index in [-0.39, 0.29) is 0 Å². The number of rotatable bonds is 0. The molecule has 3 rings (SSSR count). The molecule has 3 saturated carbocycles. The van der Waals surface area contributed by atoms with Gasteiger partial charge in [0.1, 0.15) is 0 Å². The van der Waals surface area contributed by atoms with Gasteiger partial charge in [-0.05, 0) is 36.5 Å². The highest BCUT2D eigenvalue weighted by Gasteiger charge is 2.35. The van der Waals surface area contributed by atoms with E-state index in [1.807, 2.05) is 0 Å². The van der Waals surface area contributed by atoms with Crippen LogP contribution in [0.4, 0.5) is 0 Å². The second-order valence-corrected chi connectivity index (χ2v) is 4.75. The Hall–Kier alpha value is 0. The summed E-state index contributed by atoms with van der Waals surface area (Å²) < 4.78 is 0. The van der Waals surface area contributed by atoms with E-state index in [9.17, 15) is 0 Å². The van der Waals surface area contributed by atoms with Gasteiger partial charge in [0.2, 0.25) is 0 Å². The van der Waals surface area contributed by atoms with Crippen LogP contribution in [0.1, 0.15) is 46.0 Å². The van der Waals surface area contributed by atoms with Crippen molar-refractivity contribution in [2.75, 3.05) is 0 Å². The molecule has 0 aromatic rings. The number of hydrogen-bond donors (Lipinski definition) is 0. The Balaban J connectivity index is 2.15. The van der Waals surface area contributed by atoms with Crippen LogP contribution in [0.5, 0.6) is 0 Å². The SMILES string of the molecule is CC1C2CCCC(CC2)C1C. The Labute approximate surface area is 70.4 Å². The second-order valence-electron chi connectivity index (χ2n) is 4.75. The molecule has 0 aromatic heterocycles. The predicted octanol–water partition coefficient (Wildman–Crippen LogP) is 3.47. The maximum atomic E-state index is 2.48. The lowest BCUT2D eigenvalue weighted by molar-refractivity contribution is 0.137. The van der Waals surface area contributed by atoms with Crippen molar-refractivity contribution >= 4 is 0 Å². The minimum Gasteiger partial charge on any atom is -0.0620 e. The molecule has 2 bridgehead atoms. The molecule has 11 heavy (non-hydrogen) atoms. The lowest BCUT2D eigenvalue weighted by Gasteiger charge is -2.36. The molecule has 0 radical (unpaired) electrons. The van der Waals surface area contributed by atoms with Gasteiger partial charge < -0.3 is 0 Å². The van der Waals surface area contributed by atoms with Crippen LogP contribution in [-0.4, -0.2) is 0 Å². The summed E-state index contributed by atoms with van der Waals surface area (Å²) in [5.41, 5.74) is 0. The van der Waals surface area contributed by atoms with E-state index >= 15 is 0 Å². The molecule has 0 amide bonds. The normalized spacial score (nSPS) is 50.7. The molecule has 3 aliphatic rings. The Morgan fingerprint density at radius 3 is 1.64 bits per heavy atom. The fourth-order valence-electron chi connectivity index (χ4n) is 3.27. The molecule has 0 aromatic carbocycles. The third kappa shape index (κ3) is 1.21. The predicted molar refractivity (Wildman–Crippen MR) is 48.4 cm³/mol. The van der Waals surface area contributed by atoms with E-state index in [1.54, 1.807) is 0 Å². The average Bonchev–Trinajstić information content (AvgIpc) is 2.30. The second kappa shape index (κ2) is 2.80. The number of hydrogen-bond acceptors (Lipinski definition) is 0. The Morgan fingerprint density at radius 2 is 1.18 bits per heavy atom. The zero-order valence-corrected chi connectivity index (χ0v) is 7.84. The summed E-state index contributed by atoms with van der Waals surface area (Å²) in [6.45, 7) is 4.96. The molecule has 4 unspecified atom stereocenters. The van der Waals surface area contributed by atoms with Crippen molar-refractivity contribution in [2.24, 2.45) is 23.7 Å². The third-order valence-corrected chi connectivity index (χ3v) is 4.37. The van der Waals surface area contributed by atoms with Crippen molar-refractivity contribution in [1.29, 1.82) is 0 Å². The van der Waals surface area contributed by atoms with Gasteiger partial charge in [-0.15, -0.1) is 0 Å². The summed E-state index contributed by atoms with van der Waals surface area (Å²) in [6, 6.07) is 0. The Morgan fingerprint density at radius 1 is 0.727 bits per heavy atom. The quantitative estimate of drug-likeness (QED) is 0.498. The van der Waals surface area contributed by atoms with Crippen LogP contribution < -0.4 is 0 Å². The van der Waals surface area contributed by atoms with Crippen molar-refractivity contribution in [3.63, 3.8) is 0 Å². The smallest absolute Gasteiger partial charge is 0.0386 e. The first-order valence-electron chi connectivity index (χ1n) is 5.29. The lowest BCUT2D eigenvalue weighted by atomic mass is 9.69. The summed E-state index contributed by atoms with van der Waals surface area (Å²) >= 11 is 0. The van der Waals surface area contributed by atoms with Gasteiger partial charge in [-0.25, -0.2) is 0 Å². The molecule has 0 spiro atoms. The van der Waals surface area contributed by atoms with E-state index in [0.717, 1.165) is 23.7 Å². The largest absolute Gasteiger partial charge is 0.0620 e. The van der Waals surface area contributed by atoms with Crippen molar-refractivity contribution in [3.8, 4) is 0 Å². The maximum absolute atomic E-state index is 2.48.